The molecule has 1 aliphatic heterocycles. The van der Waals surface area contributed by atoms with Crippen molar-refractivity contribution in [1.82, 2.24) is 9.80 Å². The molecule has 8 heteroatoms. The van der Waals surface area contributed by atoms with E-state index in [1.807, 2.05) is 61.5 Å². The number of benzene rings is 3. The summed E-state index contributed by atoms with van der Waals surface area (Å²) in [6.07, 6.45) is 8.32. The third-order valence-corrected chi connectivity index (χ3v) is 10.9. The largest absolute Gasteiger partial charge is 0.497 e. The van der Waals surface area contributed by atoms with Gasteiger partial charge in [-0.25, -0.2) is 0 Å². The Kier molecular flexibility index (Phi) is 11.3. The molecule has 2 fully saturated rings. The number of rotatable bonds is 14. The molecule has 4 atom stereocenters. The molecule has 6 rings (SSSR count). The lowest BCUT2D eigenvalue weighted by Gasteiger charge is -2.58. The van der Waals surface area contributed by atoms with E-state index in [2.05, 4.69) is 36.2 Å². The molecule has 262 valence electrons. The summed E-state index contributed by atoms with van der Waals surface area (Å²) in [6.45, 7) is 1.82. The second kappa shape index (κ2) is 15.8. The molecule has 0 aromatic heterocycles. The van der Waals surface area contributed by atoms with E-state index in [0.717, 1.165) is 49.3 Å². The molecule has 49 heavy (non-hydrogen) atoms. The highest BCUT2D eigenvalue weighted by molar-refractivity contribution is 5.79. The van der Waals surface area contributed by atoms with Gasteiger partial charge in [-0.1, -0.05) is 49.2 Å². The summed E-state index contributed by atoms with van der Waals surface area (Å²) in [5, 5.41) is 0. The van der Waals surface area contributed by atoms with E-state index in [9.17, 15) is 9.59 Å². The Morgan fingerprint density at radius 3 is 2.61 bits per heavy atom. The number of fused-ring (bicyclic) bond motifs is 1. The summed E-state index contributed by atoms with van der Waals surface area (Å²) in [5.74, 6) is 2.00. The van der Waals surface area contributed by atoms with Crippen LogP contribution in [0.15, 0.2) is 66.7 Å². The number of ether oxygens (including phenoxy) is 4. The Bertz CT molecular complexity index is 1610. The van der Waals surface area contributed by atoms with Crippen LogP contribution in [0.3, 0.4) is 0 Å². The van der Waals surface area contributed by atoms with Gasteiger partial charge in [0.05, 0.1) is 20.0 Å². The summed E-state index contributed by atoms with van der Waals surface area (Å²) >= 11 is 0. The van der Waals surface area contributed by atoms with E-state index >= 15 is 0 Å². The number of methoxy groups -OCH3 is 1. The molecule has 2 aliphatic carbocycles. The van der Waals surface area contributed by atoms with E-state index in [4.69, 9.17) is 18.9 Å². The highest BCUT2D eigenvalue weighted by Crippen LogP contribution is 2.56. The highest BCUT2D eigenvalue weighted by atomic mass is 16.6. The van der Waals surface area contributed by atoms with E-state index in [1.54, 1.807) is 7.11 Å². The number of likely N-dealkylation sites (tertiary alicyclic amines) is 1. The Hall–Kier alpha value is -3.88. The molecule has 2 bridgehead atoms. The van der Waals surface area contributed by atoms with Crippen LogP contribution < -0.4 is 14.2 Å². The number of aryl methyl sites for hydroxylation is 2. The fraction of sp³-hybridized carbons (Fsp3) is 0.512. The van der Waals surface area contributed by atoms with Gasteiger partial charge in [0.2, 0.25) is 0 Å². The van der Waals surface area contributed by atoms with Gasteiger partial charge in [0, 0.05) is 18.0 Å². The third kappa shape index (κ3) is 8.30. The Morgan fingerprint density at radius 2 is 1.78 bits per heavy atom. The fourth-order valence-electron chi connectivity index (χ4n) is 8.54. The maximum Gasteiger partial charge on any atom is 0.311 e. The van der Waals surface area contributed by atoms with E-state index in [0.29, 0.717) is 24.3 Å². The molecule has 1 heterocycles. The predicted octanol–water partition coefficient (Wildman–Crippen LogP) is 6.41. The quantitative estimate of drug-likeness (QED) is 0.144. The zero-order valence-electron chi connectivity index (χ0n) is 29.6. The van der Waals surface area contributed by atoms with Gasteiger partial charge in [-0.3, -0.25) is 9.59 Å². The van der Waals surface area contributed by atoms with Crippen LogP contribution in [0.5, 0.6) is 17.2 Å². The normalized spacial score (nSPS) is 22.1. The first kappa shape index (κ1) is 35.0. The average Bonchev–Trinajstić information content (AvgIpc) is 3.10. The van der Waals surface area contributed by atoms with Crippen LogP contribution in [-0.2, 0) is 39.0 Å². The van der Waals surface area contributed by atoms with Crippen molar-refractivity contribution in [3.8, 4) is 17.2 Å². The molecule has 1 saturated heterocycles. The number of para-hydroxylation sites is 1. The van der Waals surface area contributed by atoms with Crippen LogP contribution in [0.4, 0.5) is 0 Å². The van der Waals surface area contributed by atoms with Crippen LogP contribution in [0.1, 0.15) is 67.2 Å². The van der Waals surface area contributed by atoms with Crippen molar-refractivity contribution in [1.29, 1.82) is 0 Å². The van der Waals surface area contributed by atoms with Gasteiger partial charge in [-0.05, 0) is 125 Å². The maximum absolute atomic E-state index is 13.0. The molecule has 3 aromatic rings. The van der Waals surface area contributed by atoms with Gasteiger partial charge in [-0.15, -0.1) is 0 Å². The topological polar surface area (TPSA) is 77.5 Å². The fourth-order valence-corrected chi connectivity index (χ4v) is 8.54. The van der Waals surface area contributed by atoms with Crippen molar-refractivity contribution in [3.63, 3.8) is 0 Å². The van der Waals surface area contributed by atoms with Crippen LogP contribution in [0.25, 0.3) is 0 Å². The van der Waals surface area contributed by atoms with Crippen LogP contribution >= 0.6 is 0 Å². The number of carbonyl (C=O) groups excluding carboxylic acids is 2. The number of piperidine rings is 1. The first-order valence-electron chi connectivity index (χ1n) is 18.0. The molecule has 0 spiro atoms. The molecule has 3 aromatic carbocycles. The molecule has 3 aliphatic rings. The molecule has 0 unspecified atom stereocenters. The number of carbonyl (C=O) groups is 2. The van der Waals surface area contributed by atoms with Crippen LogP contribution in [-0.4, -0.2) is 81.8 Å². The SMILES string of the molecule is COc1cccc(CCc2ccccc2OC[C@@H](CN(C)C)OC(=O)CCC(=O)Oc2ccc3c(c2)[C@]24CCCC[C@@H]2[C@H](C3)N(C)CC4)c1. The van der Waals surface area contributed by atoms with Crippen molar-refractivity contribution < 1.29 is 28.5 Å². The van der Waals surface area contributed by atoms with E-state index < -0.39 is 18.0 Å². The van der Waals surface area contributed by atoms with E-state index in [-0.39, 0.29) is 24.9 Å². The van der Waals surface area contributed by atoms with E-state index in [1.165, 1.54) is 42.4 Å². The molecule has 0 N–H and O–H groups in total. The lowest BCUT2D eigenvalue weighted by Crippen LogP contribution is -2.59. The summed E-state index contributed by atoms with van der Waals surface area (Å²) in [5.41, 5.74) is 5.24. The maximum atomic E-state index is 13.0. The van der Waals surface area contributed by atoms with Crippen LogP contribution in [0.2, 0.25) is 0 Å². The highest BCUT2D eigenvalue weighted by Gasteiger charge is 2.53. The summed E-state index contributed by atoms with van der Waals surface area (Å²) < 4.78 is 23.3. The Labute approximate surface area is 291 Å². The monoisotopic (exact) mass is 668 g/mol. The summed E-state index contributed by atoms with van der Waals surface area (Å²) in [4.78, 5) is 30.4. The number of hydrogen-bond acceptors (Lipinski definition) is 8. The van der Waals surface area contributed by atoms with Crippen molar-refractivity contribution in [3.05, 3.63) is 89.0 Å². The molecule has 0 radical (unpaired) electrons. The molecule has 8 nitrogen and oxygen atoms in total. The lowest BCUT2D eigenvalue weighted by molar-refractivity contribution is -0.153. The van der Waals surface area contributed by atoms with Gasteiger partial charge in [0.25, 0.3) is 0 Å². The second-order valence-electron chi connectivity index (χ2n) is 14.4. The van der Waals surface area contributed by atoms with Gasteiger partial charge in [-0.2, -0.15) is 0 Å². The Balaban J connectivity index is 1.02. The van der Waals surface area contributed by atoms with Crippen molar-refractivity contribution in [2.24, 2.45) is 5.92 Å². The molecule has 1 saturated carbocycles. The van der Waals surface area contributed by atoms with Crippen molar-refractivity contribution >= 4 is 11.9 Å². The minimum atomic E-state index is -0.494. The first-order valence-corrected chi connectivity index (χ1v) is 18.0. The Morgan fingerprint density at radius 1 is 0.939 bits per heavy atom. The van der Waals surface area contributed by atoms with Crippen LogP contribution in [0, 0.1) is 5.92 Å². The molecular formula is C41H52N2O6. The van der Waals surface area contributed by atoms with Gasteiger partial charge in [0.1, 0.15) is 30.0 Å². The first-order chi connectivity index (χ1) is 23.7. The standard InChI is InChI=1S/C41H52N2O6/c1-42(2)27-34(28-47-38-14-6-5-11-30(38)16-15-29-10-9-12-32(24-29)46-4)49-40(45)20-19-39(44)48-33-18-17-31-25-37-35-13-7-8-21-41(35,36(31)26-33)22-23-43(37)3/h5-6,9-12,14,17-18,24,26,34-35,37H,7-8,13,15-16,19-23,25,27-28H2,1-4H3/t34-,35-,37+,41+/m1/s1. The zero-order valence-corrected chi connectivity index (χ0v) is 29.6. The molecular weight excluding hydrogens is 616 g/mol. The minimum absolute atomic E-state index is 0.0425. The smallest absolute Gasteiger partial charge is 0.311 e. The summed E-state index contributed by atoms with van der Waals surface area (Å²) in [6, 6.07) is 22.9. The van der Waals surface area contributed by atoms with Gasteiger partial charge in [0.15, 0.2) is 0 Å². The van der Waals surface area contributed by atoms with Gasteiger partial charge >= 0.3 is 11.9 Å². The molecule has 0 amide bonds. The number of hydrogen-bond donors (Lipinski definition) is 0. The second-order valence-corrected chi connectivity index (χ2v) is 14.4. The predicted molar refractivity (Wildman–Crippen MR) is 190 cm³/mol. The average molecular weight is 669 g/mol. The number of esters is 2. The zero-order chi connectivity index (χ0) is 34.4. The number of nitrogens with zero attached hydrogens (tertiary/aromatic N) is 2. The van der Waals surface area contributed by atoms with Crippen molar-refractivity contribution in [2.75, 3.05) is 47.9 Å². The van der Waals surface area contributed by atoms with Crippen molar-refractivity contribution in [2.45, 2.75) is 81.8 Å². The van der Waals surface area contributed by atoms with Gasteiger partial charge < -0.3 is 28.7 Å². The minimum Gasteiger partial charge on any atom is -0.497 e. The third-order valence-electron chi connectivity index (χ3n) is 10.9. The lowest BCUT2D eigenvalue weighted by atomic mass is 9.52. The number of likely N-dealkylation sites (N-methyl/N-ethyl adjacent to an activating group) is 2. The summed E-state index contributed by atoms with van der Waals surface area (Å²) in [7, 11) is 7.81.